The van der Waals surface area contributed by atoms with Gasteiger partial charge in [0.2, 0.25) is 0 Å². The largest absolute Gasteiger partial charge is 0.297 e. The van der Waals surface area contributed by atoms with Crippen LogP contribution in [0.1, 0.15) is 25.8 Å². The van der Waals surface area contributed by atoms with Crippen LogP contribution >= 0.6 is 0 Å². The van der Waals surface area contributed by atoms with Gasteiger partial charge in [-0.1, -0.05) is 31.5 Å². The molecule has 7 heteroatoms. The Morgan fingerprint density at radius 2 is 1.56 bits per heavy atom. The topological polar surface area (TPSA) is 71.5 Å². The molecule has 5 nitrogen and oxygen atoms in total. The van der Waals surface area contributed by atoms with Gasteiger partial charge in [0, 0.05) is 19.1 Å². The lowest BCUT2D eigenvalue weighted by atomic mass is 9.91. The molecule has 3 rings (SSSR count). The summed E-state index contributed by atoms with van der Waals surface area (Å²) in [7, 11) is -7.03. The summed E-state index contributed by atoms with van der Waals surface area (Å²) < 4.78 is 50.9. The van der Waals surface area contributed by atoms with Crippen molar-refractivity contribution in [1.82, 2.24) is 4.90 Å². The van der Waals surface area contributed by atoms with Gasteiger partial charge < -0.3 is 0 Å². The smallest absolute Gasteiger partial charge is 0.183 e. The van der Waals surface area contributed by atoms with Gasteiger partial charge in [-0.05, 0) is 37.3 Å². The van der Waals surface area contributed by atoms with Crippen molar-refractivity contribution >= 4 is 19.7 Å². The average molecular weight is 386 g/mol. The summed E-state index contributed by atoms with van der Waals surface area (Å²) >= 11 is 0. The van der Waals surface area contributed by atoms with E-state index in [2.05, 4.69) is 18.7 Å². The monoisotopic (exact) mass is 385 g/mol. The molecule has 140 valence electrons. The lowest BCUT2D eigenvalue weighted by Gasteiger charge is -2.40. The van der Waals surface area contributed by atoms with Gasteiger partial charge in [-0.2, -0.15) is 0 Å². The first kappa shape index (κ1) is 18.9. The van der Waals surface area contributed by atoms with Crippen LogP contribution in [-0.2, 0) is 19.7 Å². The Kier molecular flexibility index (Phi) is 5.03. The molecule has 2 fully saturated rings. The van der Waals surface area contributed by atoms with E-state index in [1.54, 1.807) is 24.3 Å². The van der Waals surface area contributed by atoms with Crippen molar-refractivity contribution in [2.24, 2.45) is 11.8 Å². The van der Waals surface area contributed by atoms with E-state index < -0.39 is 31.0 Å². The first-order chi connectivity index (χ1) is 11.6. The van der Waals surface area contributed by atoms with E-state index >= 15 is 0 Å². The number of aryl methyl sites for hydroxylation is 1. The van der Waals surface area contributed by atoms with Crippen LogP contribution in [0.15, 0.2) is 29.2 Å². The number of hydrogen-bond acceptors (Lipinski definition) is 5. The molecule has 1 aromatic carbocycles. The summed E-state index contributed by atoms with van der Waals surface area (Å²) in [6, 6.07) is 6.26. The second-order valence-corrected chi connectivity index (χ2v) is 12.3. The van der Waals surface area contributed by atoms with Gasteiger partial charge in [-0.3, -0.25) is 4.90 Å². The minimum absolute atomic E-state index is 0.0534. The second-order valence-electron chi connectivity index (χ2n) is 7.94. The molecule has 0 radical (unpaired) electrons. The predicted molar refractivity (Wildman–Crippen MR) is 99.1 cm³/mol. The lowest BCUT2D eigenvalue weighted by molar-refractivity contribution is 0.107. The highest BCUT2D eigenvalue weighted by atomic mass is 32.2. The van der Waals surface area contributed by atoms with E-state index in [9.17, 15) is 16.8 Å². The molecular formula is C18H27NO4S2. The van der Waals surface area contributed by atoms with Crippen LogP contribution in [0.2, 0.25) is 0 Å². The van der Waals surface area contributed by atoms with Gasteiger partial charge in [0.1, 0.15) is 0 Å². The van der Waals surface area contributed by atoms with Crippen LogP contribution in [0, 0.1) is 18.8 Å². The van der Waals surface area contributed by atoms with Gasteiger partial charge >= 0.3 is 0 Å². The Balaban J connectivity index is 1.96. The fourth-order valence-electron chi connectivity index (χ4n) is 4.32. The molecule has 0 bridgehead atoms. The Morgan fingerprint density at radius 3 is 2.12 bits per heavy atom. The highest BCUT2D eigenvalue weighted by molar-refractivity contribution is 7.96. The Morgan fingerprint density at radius 1 is 1.00 bits per heavy atom. The minimum atomic E-state index is -3.68. The maximum Gasteiger partial charge on any atom is 0.183 e. The third kappa shape index (κ3) is 3.93. The fraction of sp³-hybridized carbons (Fsp3) is 0.667. The summed E-state index contributed by atoms with van der Waals surface area (Å²) in [5.41, 5.74) is 0.980. The molecule has 2 heterocycles. The van der Waals surface area contributed by atoms with Gasteiger partial charge in [-0.15, -0.1) is 0 Å². The number of sulfone groups is 2. The number of hydrogen-bond donors (Lipinski definition) is 0. The van der Waals surface area contributed by atoms with Gasteiger partial charge in [0.15, 0.2) is 19.7 Å². The molecule has 0 unspecified atom stereocenters. The molecule has 1 aromatic rings. The summed E-state index contributed by atoms with van der Waals surface area (Å²) in [5, 5.41) is -0.877. The fourth-order valence-corrected chi connectivity index (χ4v) is 9.15. The summed E-state index contributed by atoms with van der Waals surface area (Å²) in [6.07, 6.45) is 1.10. The predicted octanol–water partition coefficient (Wildman–Crippen LogP) is 1.91. The van der Waals surface area contributed by atoms with Crippen LogP contribution in [0.4, 0.5) is 0 Å². The Hall–Kier alpha value is -0.920. The van der Waals surface area contributed by atoms with Crippen molar-refractivity contribution in [2.75, 3.05) is 24.6 Å². The molecule has 0 aliphatic carbocycles. The number of nitrogens with zero attached hydrogens (tertiary/aromatic N) is 1. The lowest BCUT2D eigenvalue weighted by Crippen LogP contribution is -2.51. The number of piperidine rings is 1. The van der Waals surface area contributed by atoms with Crippen molar-refractivity contribution in [2.45, 2.75) is 43.4 Å². The number of likely N-dealkylation sites (tertiary alicyclic amines) is 1. The van der Waals surface area contributed by atoms with E-state index in [1.165, 1.54) is 0 Å². The third-order valence-corrected chi connectivity index (χ3v) is 9.52. The molecule has 4 atom stereocenters. The zero-order valence-corrected chi connectivity index (χ0v) is 16.7. The summed E-state index contributed by atoms with van der Waals surface area (Å²) in [5.74, 6) is 0.583. The van der Waals surface area contributed by atoms with E-state index in [0.29, 0.717) is 11.8 Å². The van der Waals surface area contributed by atoms with Gasteiger partial charge in [0.05, 0.1) is 21.7 Å². The zero-order chi connectivity index (χ0) is 18.4. The average Bonchev–Trinajstić information content (AvgIpc) is 2.83. The maximum atomic E-state index is 13.2. The van der Waals surface area contributed by atoms with Crippen molar-refractivity contribution in [3.05, 3.63) is 29.8 Å². The standard InChI is InChI=1S/C18H27NO4S2/c1-13-4-6-16(7-5-13)25(22,23)18-12-24(20,21)11-17(18)19-9-14(2)8-15(3)10-19/h4-7,14-15,17-18H,8-12H2,1-3H3/t14-,15+,17-,18-/m1/s1. The van der Waals surface area contributed by atoms with E-state index in [1.807, 2.05) is 6.92 Å². The van der Waals surface area contributed by atoms with Gasteiger partial charge in [0.25, 0.3) is 0 Å². The minimum Gasteiger partial charge on any atom is -0.297 e. The highest BCUT2D eigenvalue weighted by Crippen LogP contribution is 2.32. The molecule has 2 aliphatic heterocycles. The summed E-state index contributed by atoms with van der Waals surface area (Å²) in [4.78, 5) is 2.34. The van der Waals surface area contributed by atoms with Crippen molar-refractivity contribution in [1.29, 1.82) is 0 Å². The second kappa shape index (κ2) is 6.67. The van der Waals surface area contributed by atoms with Crippen LogP contribution < -0.4 is 0 Å². The maximum absolute atomic E-state index is 13.2. The van der Waals surface area contributed by atoms with Crippen LogP contribution in [0.5, 0.6) is 0 Å². The Labute approximate surface area is 151 Å². The molecule has 0 aromatic heterocycles. The molecule has 25 heavy (non-hydrogen) atoms. The molecule has 0 spiro atoms. The van der Waals surface area contributed by atoms with Crippen LogP contribution in [-0.4, -0.2) is 57.6 Å². The number of rotatable bonds is 3. The van der Waals surface area contributed by atoms with E-state index in [4.69, 9.17) is 0 Å². The van der Waals surface area contributed by atoms with Crippen molar-refractivity contribution < 1.29 is 16.8 Å². The molecule has 0 amide bonds. The van der Waals surface area contributed by atoms with Crippen LogP contribution in [0.25, 0.3) is 0 Å². The van der Waals surface area contributed by atoms with Crippen molar-refractivity contribution in [3.8, 4) is 0 Å². The van der Waals surface area contributed by atoms with Gasteiger partial charge in [-0.25, -0.2) is 16.8 Å². The third-order valence-electron chi connectivity index (χ3n) is 5.39. The van der Waals surface area contributed by atoms with E-state index in [0.717, 1.165) is 25.1 Å². The number of benzene rings is 1. The molecule has 2 aliphatic rings. The first-order valence-corrected chi connectivity index (χ1v) is 12.2. The SMILES string of the molecule is Cc1ccc(S(=O)(=O)[C@@H]2CS(=O)(=O)C[C@H]2N2C[C@H](C)C[C@H](C)C2)cc1. The molecule has 0 saturated carbocycles. The molecule has 0 N–H and O–H groups in total. The molecule has 2 saturated heterocycles. The highest BCUT2D eigenvalue weighted by Gasteiger charge is 2.49. The Bertz CT molecular complexity index is 820. The first-order valence-electron chi connectivity index (χ1n) is 8.83. The van der Waals surface area contributed by atoms with Crippen LogP contribution in [0.3, 0.4) is 0 Å². The van der Waals surface area contributed by atoms with E-state index in [-0.39, 0.29) is 16.4 Å². The van der Waals surface area contributed by atoms with Crippen molar-refractivity contribution in [3.63, 3.8) is 0 Å². The quantitative estimate of drug-likeness (QED) is 0.795. The summed E-state index contributed by atoms with van der Waals surface area (Å²) in [6.45, 7) is 7.73. The normalized spacial score (nSPS) is 33.4. The zero-order valence-electron chi connectivity index (χ0n) is 15.1. The molecular weight excluding hydrogens is 358 g/mol.